The van der Waals surface area contributed by atoms with Crippen molar-refractivity contribution >= 4 is 17.9 Å². The summed E-state index contributed by atoms with van der Waals surface area (Å²) in [4.78, 5) is 30.3. The van der Waals surface area contributed by atoms with Crippen LogP contribution in [0.5, 0.6) is 0 Å². The Morgan fingerprint density at radius 2 is 0.972 bits per heavy atom. The van der Waals surface area contributed by atoms with Gasteiger partial charge < -0.3 is 29.7 Å². The number of carbonyl (C=O) groups is 3. The molecule has 1 unspecified atom stereocenters. The summed E-state index contributed by atoms with van der Waals surface area (Å²) in [6, 6.07) is 0. The van der Waals surface area contributed by atoms with Gasteiger partial charge in [-0.1, -0.05) is 90.9 Å². The average Bonchev–Trinajstić information content (AvgIpc) is 2.76. The van der Waals surface area contributed by atoms with E-state index in [4.69, 9.17) is 15.3 Å². The number of unbranched alkanes of at least 4 members (excludes halogenated alkanes) is 14. The van der Waals surface area contributed by atoms with Gasteiger partial charge in [-0.3, -0.25) is 4.79 Å². The Balaban J connectivity index is 0. The summed E-state index contributed by atoms with van der Waals surface area (Å²) in [6.07, 6.45) is 20.6. The van der Waals surface area contributed by atoms with Crippen LogP contribution in [0.4, 0.5) is 0 Å². The maximum atomic E-state index is 10.3. The zero-order valence-corrected chi connectivity index (χ0v) is 23.6. The van der Waals surface area contributed by atoms with E-state index in [2.05, 4.69) is 27.9 Å². The quantitative estimate of drug-likeness (QED) is 0.131. The van der Waals surface area contributed by atoms with Gasteiger partial charge in [0.15, 0.2) is 5.60 Å². The van der Waals surface area contributed by atoms with E-state index in [9.17, 15) is 19.5 Å². The second kappa shape index (κ2) is 22.5. The highest BCUT2D eigenvalue weighted by Crippen LogP contribution is 2.15. The Kier molecular flexibility index (Phi) is 22.8. The Labute approximate surface area is 219 Å². The van der Waals surface area contributed by atoms with E-state index >= 15 is 0 Å². The number of hydrogen-bond donors (Lipinski definition) is 3. The van der Waals surface area contributed by atoms with Crippen molar-refractivity contribution in [3.63, 3.8) is 0 Å². The number of carbonyl (C=O) groups excluding carboxylic acids is 1. The van der Waals surface area contributed by atoms with Crippen LogP contribution in [-0.2, 0) is 14.4 Å². The minimum Gasteiger partial charge on any atom is -0.550 e. The zero-order valence-electron chi connectivity index (χ0n) is 23.6. The molecule has 0 saturated carbocycles. The van der Waals surface area contributed by atoms with Crippen LogP contribution in [0.2, 0.25) is 0 Å². The highest BCUT2D eigenvalue weighted by atomic mass is 16.4. The second-order valence-corrected chi connectivity index (χ2v) is 10.8. The summed E-state index contributed by atoms with van der Waals surface area (Å²) < 4.78 is 1.24. The van der Waals surface area contributed by atoms with Crippen LogP contribution >= 0.6 is 0 Å². The minimum absolute atomic E-state index is 1.18. The molecule has 1 atom stereocenters. The molecular formula is C28H55NO7. The van der Waals surface area contributed by atoms with E-state index in [1.54, 1.807) is 0 Å². The maximum absolute atomic E-state index is 10.3. The first-order chi connectivity index (χ1) is 16.9. The lowest BCUT2D eigenvalue weighted by Crippen LogP contribution is -2.45. The molecule has 0 aliphatic heterocycles. The third-order valence-corrected chi connectivity index (χ3v) is 6.51. The number of carboxylic acid groups (broad SMARTS) is 3. The predicted molar refractivity (Wildman–Crippen MR) is 142 cm³/mol. The van der Waals surface area contributed by atoms with Gasteiger partial charge in [-0.15, -0.1) is 0 Å². The van der Waals surface area contributed by atoms with Gasteiger partial charge in [0.2, 0.25) is 0 Å². The van der Waals surface area contributed by atoms with Gasteiger partial charge in [-0.25, -0.2) is 4.79 Å². The molecule has 0 rings (SSSR count). The number of aliphatic hydroxyl groups is 1. The SMILES string of the molecule is CCCCCCCCCC[N+](C)(C)CCCCCCCCCC.O=C([O-])CC(O)(CC(=O)O)C(=O)O. The molecule has 0 aliphatic carbocycles. The van der Waals surface area contributed by atoms with Gasteiger partial charge >= 0.3 is 11.9 Å². The van der Waals surface area contributed by atoms with E-state index in [0.717, 1.165) is 0 Å². The predicted octanol–water partition coefficient (Wildman–Crippen LogP) is 4.76. The van der Waals surface area contributed by atoms with Gasteiger partial charge in [-0.05, 0) is 25.7 Å². The standard InChI is InChI=1S/C22H48N.C6H8O7/c1-5-7-9-11-13-15-17-19-21-23(3,4)22-20-18-16-14-12-10-8-6-2;7-3(8)1-6(13,5(11)12)2-4(9)10/h5-22H2,1-4H3;13H,1-2H2,(H,7,8)(H,9,10)(H,11,12)/q+1;/p-1. The van der Waals surface area contributed by atoms with Crippen molar-refractivity contribution in [2.75, 3.05) is 27.2 Å². The third-order valence-electron chi connectivity index (χ3n) is 6.51. The maximum Gasteiger partial charge on any atom is 0.336 e. The van der Waals surface area contributed by atoms with E-state index in [0.29, 0.717) is 0 Å². The molecule has 0 aromatic rings. The fourth-order valence-corrected chi connectivity index (χ4v) is 4.16. The lowest BCUT2D eigenvalue weighted by molar-refractivity contribution is -0.890. The molecule has 0 aliphatic rings. The topological polar surface area (TPSA) is 135 Å². The lowest BCUT2D eigenvalue weighted by atomic mass is 9.96. The van der Waals surface area contributed by atoms with Gasteiger partial charge in [0.1, 0.15) is 0 Å². The molecule has 36 heavy (non-hydrogen) atoms. The van der Waals surface area contributed by atoms with E-state index in [-0.39, 0.29) is 0 Å². The Morgan fingerprint density at radius 1 is 0.639 bits per heavy atom. The molecule has 0 aromatic carbocycles. The van der Waals surface area contributed by atoms with Gasteiger partial charge in [0.05, 0.1) is 33.6 Å². The third kappa shape index (κ3) is 24.0. The summed E-state index contributed by atoms with van der Waals surface area (Å²) in [5.41, 5.74) is -2.80. The molecule has 214 valence electrons. The Morgan fingerprint density at radius 3 is 1.25 bits per heavy atom. The normalized spacial score (nSPS) is 12.9. The van der Waals surface area contributed by atoms with Gasteiger partial charge in [0.25, 0.3) is 0 Å². The largest absolute Gasteiger partial charge is 0.550 e. The second-order valence-electron chi connectivity index (χ2n) is 10.8. The molecule has 0 saturated heterocycles. The number of quaternary nitrogens is 1. The molecule has 0 fully saturated rings. The first-order valence-corrected chi connectivity index (χ1v) is 14.1. The van der Waals surface area contributed by atoms with Crippen molar-refractivity contribution in [3.05, 3.63) is 0 Å². The zero-order chi connectivity index (χ0) is 27.9. The average molecular weight is 518 g/mol. The van der Waals surface area contributed by atoms with Crippen molar-refractivity contribution in [1.29, 1.82) is 0 Å². The van der Waals surface area contributed by atoms with Crippen molar-refractivity contribution in [2.24, 2.45) is 0 Å². The van der Waals surface area contributed by atoms with Crippen LogP contribution in [0, 0.1) is 0 Å². The van der Waals surface area contributed by atoms with Crippen molar-refractivity contribution in [2.45, 2.75) is 135 Å². The fraction of sp³-hybridized carbons (Fsp3) is 0.893. The molecule has 8 heteroatoms. The van der Waals surface area contributed by atoms with Gasteiger partial charge in [0, 0.05) is 12.4 Å². The van der Waals surface area contributed by atoms with Gasteiger partial charge in [-0.2, -0.15) is 0 Å². The van der Waals surface area contributed by atoms with Crippen molar-refractivity contribution in [3.8, 4) is 0 Å². The monoisotopic (exact) mass is 517 g/mol. The molecule has 8 nitrogen and oxygen atoms in total. The number of aliphatic carboxylic acids is 3. The summed E-state index contributed by atoms with van der Waals surface area (Å²) in [7, 11) is 4.87. The Bertz CT molecular complexity index is 540. The number of carboxylic acids is 3. The van der Waals surface area contributed by atoms with E-state index in [1.807, 2.05) is 0 Å². The number of nitrogens with zero attached hydrogens (tertiary/aromatic N) is 1. The summed E-state index contributed by atoms with van der Waals surface area (Å²) in [5.74, 6) is -5.34. The summed E-state index contributed by atoms with van der Waals surface area (Å²) in [5, 5.41) is 35.5. The molecule has 0 aromatic heterocycles. The van der Waals surface area contributed by atoms with Crippen molar-refractivity contribution < 1.29 is 39.3 Å². The lowest BCUT2D eigenvalue weighted by Gasteiger charge is -2.30. The summed E-state index contributed by atoms with van der Waals surface area (Å²) in [6.45, 7) is 7.36. The van der Waals surface area contributed by atoms with Crippen LogP contribution in [0.25, 0.3) is 0 Å². The number of hydrogen-bond acceptors (Lipinski definition) is 5. The first-order valence-electron chi connectivity index (χ1n) is 14.1. The molecule has 0 bridgehead atoms. The van der Waals surface area contributed by atoms with Crippen LogP contribution in [0.15, 0.2) is 0 Å². The number of rotatable bonds is 23. The molecule has 0 heterocycles. The smallest absolute Gasteiger partial charge is 0.336 e. The highest BCUT2D eigenvalue weighted by molar-refractivity contribution is 5.87. The van der Waals surface area contributed by atoms with Crippen LogP contribution in [0.3, 0.4) is 0 Å². The molecule has 0 amide bonds. The van der Waals surface area contributed by atoms with E-state index < -0.39 is 36.4 Å². The molecule has 3 N–H and O–H groups in total. The molecule has 0 radical (unpaired) electrons. The van der Waals surface area contributed by atoms with Crippen LogP contribution < -0.4 is 5.11 Å². The van der Waals surface area contributed by atoms with Crippen molar-refractivity contribution in [1.82, 2.24) is 0 Å². The fourth-order valence-electron chi connectivity index (χ4n) is 4.16. The summed E-state index contributed by atoms with van der Waals surface area (Å²) >= 11 is 0. The van der Waals surface area contributed by atoms with Crippen LogP contribution in [-0.4, -0.2) is 70.5 Å². The Hall–Kier alpha value is -1.67. The minimum atomic E-state index is -2.80. The molecular weight excluding hydrogens is 462 g/mol. The first kappa shape index (κ1) is 36.5. The van der Waals surface area contributed by atoms with Crippen LogP contribution in [0.1, 0.15) is 129 Å². The van der Waals surface area contributed by atoms with E-state index in [1.165, 1.54) is 120 Å². The highest BCUT2D eigenvalue weighted by Gasteiger charge is 2.38. The molecule has 0 spiro atoms.